The summed E-state index contributed by atoms with van der Waals surface area (Å²) in [6.07, 6.45) is 36.3. The zero-order chi connectivity index (χ0) is 36.3. The fourth-order valence-electron chi connectivity index (χ4n) is 4.17. The van der Waals surface area contributed by atoms with Crippen LogP contribution in [0.3, 0.4) is 0 Å². The molecule has 11 heteroatoms. The lowest BCUT2D eigenvalue weighted by Crippen LogP contribution is -2.28. The second kappa shape index (κ2) is 33.9. The monoisotopic (exact) mass is 710 g/mol. The van der Waals surface area contributed by atoms with Gasteiger partial charge in [0, 0.05) is 6.42 Å². The molecule has 0 rings (SSSR count). The summed E-state index contributed by atoms with van der Waals surface area (Å²) in [4.78, 5) is 34.2. The van der Waals surface area contributed by atoms with Crippen LogP contribution in [0.15, 0.2) is 72.9 Å². The number of rotatable bonds is 32. The van der Waals surface area contributed by atoms with Crippen LogP contribution >= 0.6 is 7.82 Å². The average molecular weight is 711 g/mol. The van der Waals surface area contributed by atoms with Gasteiger partial charge in [0.15, 0.2) is 0 Å². The highest BCUT2D eigenvalue weighted by Gasteiger charge is 2.27. The molecule has 0 fully saturated rings. The zero-order valence-corrected chi connectivity index (χ0v) is 30.8. The molecule has 0 aliphatic carbocycles. The van der Waals surface area contributed by atoms with Gasteiger partial charge in [0.1, 0.15) is 12.2 Å². The number of aliphatic hydroxyl groups is 2. The van der Waals surface area contributed by atoms with Crippen molar-refractivity contribution >= 4 is 19.8 Å². The second-order valence-corrected chi connectivity index (χ2v) is 12.9. The number of ether oxygens (including phenoxy) is 2. The minimum Gasteiger partial charge on any atom is -0.457 e. The third-order valence-electron chi connectivity index (χ3n) is 6.94. The summed E-state index contributed by atoms with van der Waals surface area (Å²) in [5, 5.41) is 19.0. The number of allylic oxidation sites excluding steroid dienone is 11. The van der Waals surface area contributed by atoms with Crippen molar-refractivity contribution in [2.45, 2.75) is 129 Å². The van der Waals surface area contributed by atoms with Crippen LogP contribution in [-0.2, 0) is 32.7 Å². The lowest BCUT2D eigenvalue weighted by Gasteiger charge is -2.20. The van der Waals surface area contributed by atoms with Gasteiger partial charge in [0.2, 0.25) is 0 Å². The summed E-state index contributed by atoms with van der Waals surface area (Å²) >= 11 is 0. The van der Waals surface area contributed by atoms with Crippen molar-refractivity contribution in [2.24, 2.45) is 0 Å². The number of hydrogen-bond donors (Lipinski definition) is 3. The molecule has 49 heavy (non-hydrogen) atoms. The van der Waals surface area contributed by atoms with Gasteiger partial charge >= 0.3 is 19.8 Å². The average Bonchev–Trinajstić information content (AvgIpc) is 3.09. The molecule has 3 unspecified atom stereocenters. The summed E-state index contributed by atoms with van der Waals surface area (Å²) in [6.45, 7) is 1.88. The number of carbonyl (C=O) groups excluding carboxylic acids is 2. The van der Waals surface area contributed by atoms with E-state index in [1.807, 2.05) is 18.2 Å². The summed E-state index contributed by atoms with van der Waals surface area (Å²) in [7, 11) is -4.66. The first-order chi connectivity index (χ1) is 23.8. The Morgan fingerprint density at radius 1 is 0.592 bits per heavy atom. The van der Waals surface area contributed by atoms with Gasteiger partial charge in [-0.25, -0.2) is 4.57 Å². The van der Waals surface area contributed by atoms with Crippen molar-refractivity contribution in [3.63, 3.8) is 0 Å². The molecular formula is C38H63O10P. The van der Waals surface area contributed by atoms with Crippen molar-refractivity contribution < 1.29 is 47.8 Å². The van der Waals surface area contributed by atoms with Crippen molar-refractivity contribution in [3.8, 4) is 0 Å². The zero-order valence-electron chi connectivity index (χ0n) is 29.9. The largest absolute Gasteiger partial charge is 0.472 e. The number of esters is 2. The Labute approximate surface area is 295 Å². The molecule has 280 valence electrons. The molecule has 0 bridgehead atoms. The Morgan fingerprint density at radius 3 is 1.55 bits per heavy atom. The molecule has 0 saturated carbocycles. The molecule has 3 atom stereocenters. The van der Waals surface area contributed by atoms with Crippen molar-refractivity contribution in [3.05, 3.63) is 72.9 Å². The predicted octanol–water partition coefficient (Wildman–Crippen LogP) is 8.55. The van der Waals surface area contributed by atoms with E-state index in [4.69, 9.17) is 18.5 Å². The summed E-state index contributed by atoms with van der Waals surface area (Å²) < 4.78 is 32.2. The van der Waals surface area contributed by atoms with E-state index >= 15 is 0 Å². The smallest absolute Gasteiger partial charge is 0.457 e. The van der Waals surface area contributed by atoms with E-state index in [9.17, 15) is 29.3 Å². The first-order valence-electron chi connectivity index (χ1n) is 17.9. The van der Waals surface area contributed by atoms with E-state index in [-0.39, 0.29) is 12.8 Å². The van der Waals surface area contributed by atoms with Crippen molar-refractivity contribution in [1.29, 1.82) is 0 Å². The standard InChI is InChI=1S/C38H63O10P/c1-3-5-7-9-11-13-15-16-17-18-20-22-24-26-28-30-38(42)48-36(32-40)34-46-49(43,44)45-33-35(31-39)47-37(41)29-27-25-23-21-19-14-12-10-8-6-4-2/h5,7,10-13,16-17,20,22,26,28,35-36,39-40H,3-4,6,8-9,14-15,18-19,21,23-25,27,29-34H2,1-2H3,(H,43,44)/b7-5-,12-10-,13-11-,17-16-,22-20-,28-26-. The lowest BCUT2D eigenvalue weighted by atomic mass is 10.1. The SMILES string of the molecule is CC/C=C\C/C=C\C/C=C\C/C=C\C/C=C\CC(=O)OC(CO)COP(=O)(O)OCC(CO)OC(=O)CCCCCCC/C=C\CCCC. The molecule has 0 aliphatic rings. The molecule has 0 radical (unpaired) electrons. The minimum atomic E-state index is -4.66. The fraction of sp³-hybridized carbons (Fsp3) is 0.632. The van der Waals surface area contributed by atoms with Crippen LogP contribution in [0.5, 0.6) is 0 Å². The highest BCUT2D eigenvalue weighted by atomic mass is 31.2. The molecule has 0 amide bonds. The first kappa shape index (κ1) is 46.4. The number of phosphoric ester groups is 1. The van der Waals surface area contributed by atoms with Crippen LogP contribution in [0.1, 0.15) is 117 Å². The van der Waals surface area contributed by atoms with Crippen LogP contribution in [0, 0.1) is 0 Å². The third kappa shape index (κ3) is 32.4. The number of unbranched alkanes of at least 4 members (excludes halogenated alkanes) is 7. The van der Waals surface area contributed by atoms with Crippen LogP contribution < -0.4 is 0 Å². The Balaban J connectivity index is 4.17. The maximum atomic E-state index is 12.3. The van der Waals surface area contributed by atoms with Gasteiger partial charge in [0.25, 0.3) is 0 Å². The maximum absolute atomic E-state index is 12.3. The number of aliphatic hydroxyl groups excluding tert-OH is 2. The van der Waals surface area contributed by atoms with Crippen LogP contribution in [0.4, 0.5) is 0 Å². The van der Waals surface area contributed by atoms with Crippen LogP contribution in [0.2, 0.25) is 0 Å². The maximum Gasteiger partial charge on any atom is 0.472 e. The Bertz CT molecular complexity index is 1050. The summed E-state index contributed by atoms with van der Waals surface area (Å²) in [5.74, 6) is -1.17. The normalized spacial score (nSPS) is 15.0. The van der Waals surface area contributed by atoms with E-state index < -0.39 is 58.4 Å². The quantitative estimate of drug-likeness (QED) is 0.0268. The molecule has 0 aromatic heterocycles. The molecule has 3 N–H and O–H groups in total. The second-order valence-electron chi connectivity index (χ2n) is 11.5. The summed E-state index contributed by atoms with van der Waals surface area (Å²) in [5.41, 5.74) is 0. The van der Waals surface area contributed by atoms with E-state index in [0.717, 1.165) is 64.2 Å². The fourth-order valence-corrected chi connectivity index (χ4v) is 4.95. The van der Waals surface area contributed by atoms with E-state index in [0.29, 0.717) is 12.8 Å². The van der Waals surface area contributed by atoms with Crippen molar-refractivity contribution in [1.82, 2.24) is 0 Å². The van der Waals surface area contributed by atoms with E-state index in [1.54, 1.807) is 6.08 Å². The van der Waals surface area contributed by atoms with Gasteiger partial charge in [-0.05, 0) is 57.8 Å². The van der Waals surface area contributed by atoms with E-state index in [1.165, 1.54) is 12.8 Å². The lowest BCUT2D eigenvalue weighted by molar-refractivity contribution is -0.153. The van der Waals surface area contributed by atoms with Gasteiger partial charge in [-0.1, -0.05) is 119 Å². The molecule has 0 aromatic rings. The number of carbonyl (C=O) groups is 2. The molecule has 0 heterocycles. The first-order valence-corrected chi connectivity index (χ1v) is 19.4. The third-order valence-corrected chi connectivity index (χ3v) is 7.89. The summed E-state index contributed by atoms with van der Waals surface area (Å²) in [6, 6.07) is 0. The highest BCUT2D eigenvalue weighted by Crippen LogP contribution is 2.43. The van der Waals surface area contributed by atoms with Crippen LogP contribution in [-0.4, -0.2) is 65.7 Å². The van der Waals surface area contributed by atoms with Gasteiger partial charge in [-0.3, -0.25) is 18.6 Å². The van der Waals surface area contributed by atoms with Crippen LogP contribution in [0.25, 0.3) is 0 Å². The predicted molar refractivity (Wildman–Crippen MR) is 196 cm³/mol. The Morgan fingerprint density at radius 2 is 1.04 bits per heavy atom. The van der Waals surface area contributed by atoms with E-state index in [2.05, 4.69) is 62.5 Å². The topological polar surface area (TPSA) is 149 Å². The van der Waals surface area contributed by atoms with Crippen molar-refractivity contribution in [2.75, 3.05) is 26.4 Å². The Hall–Kier alpha value is -2.59. The van der Waals surface area contributed by atoms with Gasteiger partial charge in [-0.2, -0.15) is 0 Å². The molecule has 0 aromatic carbocycles. The molecule has 0 saturated heterocycles. The molecule has 0 aliphatic heterocycles. The number of phosphoric acid groups is 1. The van der Waals surface area contributed by atoms with Gasteiger partial charge in [-0.15, -0.1) is 0 Å². The Kier molecular flexibility index (Phi) is 32.1. The molecular weight excluding hydrogens is 647 g/mol. The molecule has 0 spiro atoms. The highest BCUT2D eigenvalue weighted by molar-refractivity contribution is 7.47. The van der Waals surface area contributed by atoms with Gasteiger partial charge in [0.05, 0.1) is 32.8 Å². The number of hydrogen-bond acceptors (Lipinski definition) is 9. The van der Waals surface area contributed by atoms with Gasteiger partial charge < -0.3 is 24.6 Å². The molecule has 10 nitrogen and oxygen atoms in total. The minimum absolute atomic E-state index is 0.0440.